The van der Waals surface area contributed by atoms with Crippen molar-refractivity contribution in [3.05, 3.63) is 104 Å². The molecule has 3 aromatic carbocycles. The van der Waals surface area contributed by atoms with E-state index < -0.39 is 34.4 Å². The van der Waals surface area contributed by atoms with Gasteiger partial charge in [0.2, 0.25) is 0 Å². The van der Waals surface area contributed by atoms with E-state index in [1.54, 1.807) is 0 Å². The summed E-state index contributed by atoms with van der Waals surface area (Å²) in [6.45, 7) is 0. The van der Waals surface area contributed by atoms with Crippen LogP contribution in [0.3, 0.4) is 0 Å². The maximum Gasteiger partial charge on any atom is 0.142 e. The Kier molecular flexibility index (Phi) is 7.70. The molecule has 0 atom stereocenters. The lowest BCUT2D eigenvalue weighted by Crippen LogP contribution is -1.98. The van der Waals surface area contributed by atoms with Crippen LogP contribution in [-0.4, -0.2) is 0 Å². The van der Waals surface area contributed by atoms with E-state index in [1.807, 2.05) is 12.1 Å². The SMILES string of the molecule is N#CCc1cc(C#Cc2cc(F)c(C#N)cc2F)c(CC#N)cc1C#Cc1cc(F)c(C#N)cc1F. The number of halogens is 4. The molecule has 0 amide bonds. The molecule has 8 heteroatoms. The first-order valence-corrected chi connectivity index (χ1v) is 10.0. The van der Waals surface area contributed by atoms with Crippen LogP contribution >= 0.6 is 0 Å². The van der Waals surface area contributed by atoms with Crippen LogP contribution < -0.4 is 0 Å². The number of nitrogens with zero attached hydrogens (tertiary/aromatic N) is 4. The van der Waals surface area contributed by atoms with Crippen molar-refractivity contribution in [2.45, 2.75) is 12.8 Å². The standard InChI is InChI=1S/C28H10F4N4/c29-25-13-23(15-35)27(31)11-21(25)3-1-17-9-20(6-8-34)18(10-19(17)5-7-33)2-4-22-12-28(32)24(16-36)14-26(22)30/h9-14H,5-6H2. The third kappa shape index (κ3) is 5.50. The third-order valence-electron chi connectivity index (χ3n) is 4.89. The number of hydrogen-bond donors (Lipinski definition) is 0. The van der Waals surface area contributed by atoms with Crippen molar-refractivity contribution in [1.29, 1.82) is 21.0 Å². The minimum Gasteiger partial charge on any atom is -0.206 e. The molecule has 0 N–H and O–H groups in total. The molecule has 0 unspecified atom stereocenters. The first-order chi connectivity index (χ1) is 17.3. The first kappa shape index (κ1) is 25.1. The van der Waals surface area contributed by atoms with Crippen LogP contribution in [0.1, 0.15) is 44.5 Å². The zero-order valence-electron chi connectivity index (χ0n) is 18.2. The Labute approximate surface area is 203 Å². The zero-order valence-corrected chi connectivity index (χ0v) is 18.2. The second kappa shape index (κ2) is 11.1. The van der Waals surface area contributed by atoms with Crippen molar-refractivity contribution >= 4 is 0 Å². The summed E-state index contributed by atoms with van der Waals surface area (Å²) in [4.78, 5) is 0. The molecule has 36 heavy (non-hydrogen) atoms. The van der Waals surface area contributed by atoms with Gasteiger partial charge in [-0.25, -0.2) is 17.6 Å². The molecule has 170 valence electrons. The average Bonchev–Trinajstić information content (AvgIpc) is 2.86. The molecular formula is C28H10F4N4. The molecule has 0 aliphatic heterocycles. The van der Waals surface area contributed by atoms with Gasteiger partial charge in [-0.3, -0.25) is 0 Å². The summed E-state index contributed by atoms with van der Waals surface area (Å²) >= 11 is 0. The van der Waals surface area contributed by atoms with Gasteiger partial charge in [0.05, 0.1) is 47.2 Å². The number of rotatable bonds is 2. The fourth-order valence-corrected chi connectivity index (χ4v) is 3.11. The molecule has 0 radical (unpaired) electrons. The highest BCUT2D eigenvalue weighted by atomic mass is 19.1. The highest BCUT2D eigenvalue weighted by Gasteiger charge is 2.11. The molecule has 0 bridgehead atoms. The molecular weight excluding hydrogens is 468 g/mol. The van der Waals surface area contributed by atoms with Crippen molar-refractivity contribution in [2.75, 3.05) is 0 Å². The summed E-state index contributed by atoms with van der Waals surface area (Å²) < 4.78 is 56.1. The smallest absolute Gasteiger partial charge is 0.142 e. The molecule has 0 heterocycles. The van der Waals surface area contributed by atoms with Crippen molar-refractivity contribution in [2.24, 2.45) is 0 Å². The van der Waals surface area contributed by atoms with Gasteiger partial charge in [0, 0.05) is 11.1 Å². The van der Waals surface area contributed by atoms with E-state index in [0.29, 0.717) is 11.1 Å². The molecule has 0 saturated heterocycles. The number of hydrogen-bond acceptors (Lipinski definition) is 4. The van der Waals surface area contributed by atoms with Gasteiger partial charge in [0.15, 0.2) is 0 Å². The van der Waals surface area contributed by atoms with E-state index in [-0.39, 0.29) is 35.1 Å². The summed E-state index contributed by atoms with van der Waals surface area (Å²) in [6.07, 6.45) is -0.287. The van der Waals surface area contributed by atoms with Crippen LogP contribution in [-0.2, 0) is 12.8 Å². The first-order valence-electron chi connectivity index (χ1n) is 10.0. The van der Waals surface area contributed by atoms with Crippen LogP contribution in [0.25, 0.3) is 0 Å². The van der Waals surface area contributed by atoms with E-state index in [2.05, 4.69) is 23.7 Å². The highest BCUT2D eigenvalue weighted by molar-refractivity contribution is 5.57. The fourth-order valence-electron chi connectivity index (χ4n) is 3.11. The number of benzene rings is 3. The van der Waals surface area contributed by atoms with Crippen LogP contribution in [0.4, 0.5) is 17.6 Å². The Morgan fingerprint density at radius 1 is 0.444 bits per heavy atom. The maximum absolute atomic E-state index is 14.2. The van der Waals surface area contributed by atoms with E-state index in [9.17, 15) is 28.1 Å². The van der Waals surface area contributed by atoms with Crippen molar-refractivity contribution in [3.8, 4) is 48.0 Å². The predicted molar refractivity (Wildman–Crippen MR) is 119 cm³/mol. The van der Waals surface area contributed by atoms with E-state index in [4.69, 9.17) is 10.5 Å². The lowest BCUT2D eigenvalue weighted by atomic mass is 9.95. The van der Waals surface area contributed by atoms with Crippen molar-refractivity contribution in [1.82, 2.24) is 0 Å². The van der Waals surface area contributed by atoms with Crippen molar-refractivity contribution < 1.29 is 17.6 Å². The van der Waals surface area contributed by atoms with Gasteiger partial charge >= 0.3 is 0 Å². The average molecular weight is 478 g/mol. The molecule has 0 aliphatic carbocycles. The molecule has 0 fully saturated rings. The highest BCUT2D eigenvalue weighted by Crippen LogP contribution is 2.20. The van der Waals surface area contributed by atoms with Gasteiger partial charge in [0.25, 0.3) is 0 Å². The molecule has 0 aromatic heterocycles. The second-order valence-corrected chi connectivity index (χ2v) is 7.18. The van der Waals surface area contributed by atoms with Crippen LogP contribution in [0.15, 0.2) is 36.4 Å². The minimum absolute atomic E-state index is 0.143. The lowest BCUT2D eigenvalue weighted by Gasteiger charge is -2.07. The molecule has 3 rings (SSSR count). The largest absolute Gasteiger partial charge is 0.206 e. The van der Waals surface area contributed by atoms with Gasteiger partial charge < -0.3 is 0 Å². The monoisotopic (exact) mass is 478 g/mol. The summed E-state index contributed by atoms with van der Waals surface area (Å²) in [5.41, 5.74) is -0.327. The normalized spacial score (nSPS) is 9.33. The van der Waals surface area contributed by atoms with E-state index >= 15 is 0 Å². The Morgan fingerprint density at radius 3 is 1.08 bits per heavy atom. The topological polar surface area (TPSA) is 95.2 Å². The number of nitriles is 4. The van der Waals surface area contributed by atoms with E-state index in [1.165, 1.54) is 24.3 Å². The summed E-state index contributed by atoms with van der Waals surface area (Å²) in [5, 5.41) is 36.0. The van der Waals surface area contributed by atoms with E-state index in [0.717, 1.165) is 24.3 Å². The second-order valence-electron chi connectivity index (χ2n) is 7.18. The maximum atomic E-state index is 14.2. The summed E-state index contributed by atoms with van der Waals surface area (Å²) in [7, 11) is 0. The Balaban J connectivity index is 2.12. The third-order valence-corrected chi connectivity index (χ3v) is 4.89. The molecule has 0 spiro atoms. The molecule has 0 aliphatic rings. The zero-order chi connectivity index (χ0) is 26.2. The quantitative estimate of drug-likeness (QED) is 0.386. The Hall–Kier alpha value is -5.54. The van der Waals surface area contributed by atoms with Crippen LogP contribution in [0.5, 0.6) is 0 Å². The van der Waals surface area contributed by atoms with Gasteiger partial charge in [0.1, 0.15) is 35.4 Å². The molecule has 0 saturated carbocycles. The molecule has 4 nitrogen and oxygen atoms in total. The predicted octanol–water partition coefficient (Wildman–Crippen LogP) is 4.92. The summed E-state index contributed by atoms with van der Waals surface area (Å²) in [6, 6.07) is 12.9. The van der Waals surface area contributed by atoms with Gasteiger partial charge in [-0.2, -0.15) is 21.0 Å². The Morgan fingerprint density at radius 2 is 0.750 bits per heavy atom. The fraction of sp³-hybridized carbons (Fsp3) is 0.0714. The summed E-state index contributed by atoms with van der Waals surface area (Å²) in [5.74, 6) is 6.57. The van der Waals surface area contributed by atoms with Crippen molar-refractivity contribution in [3.63, 3.8) is 0 Å². The lowest BCUT2D eigenvalue weighted by molar-refractivity contribution is 0.594. The van der Waals surface area contributed by atoms with Gasteiger partial charge in [-0.15, -0.1) is 0 Å². The van der Waals surface area contributed by atoms with Crippen LogP contribution in [0, 0.1) is 92.3 Å². The molecule has 3 aromatic rings. The minimum atomic E-state index is -0.942. The van der Waals surface area contributed by atoms with Gasteiger partial charge in [-0.1, -0.05) is 23.7 Å². The van der Waals surface area contributed by atoms with Crippen LogP contribution in [0.2, 0.25) is 0 Å². The Bertz CT molecular complexity index is 1560. The van der Waals surface area contributed by atoms with Gasteiger partial charge in [-0.05, 0) is 47.5 Å².